The molecular formula is C33H70O2Si. The van der Waals surface area contributed by atoms with Gasteiger partial charge in [0, 0.05) is 14.2 Å². The standard InChI is InChI=1S/C33H70O2Si/c1-5-7-9-11-13-15-17-18-19-20-21-22-23-25-27-29-31-33-36(34-3,35-4)32-30-28-26-24-16-14-12-10-8-6-2/h5-33H2,1-4H3. The molecule has 0 aliphatic heterocycles. The average molecular weight is 527 g/mol. The Balaban J connectivity index is 3.51. The van der Waals surface area contributed by atoms with Crippen molar-refractivity contribution in [3.05, 3.63) is 0 Å². The number of hydrogen-bond donors (Lipinski definition) is 0. The fourth-order valence-electron chi connectivity index (χ4n) is 5.62. The van der Waals surface area contributed by atoms with Crippen LogP contribution in [0.4, 0.5) is 0 Å². The second-order valence-electron chi connectivity index (χ2n) is 11.7. The van der Waals surface area contributed by atoms with Gasteiger partial charge in [-0.1, -0.05) is 187 Å². The van der Waals surface area contributed by atoms with Gasteiger partial charge in [0.05, 0.1) is 0 Å². The third-order valence-electron chi connectivity index (χ3n) is 8.32. The highest BCUT2D eigenvalue weighted by Crippen LogP contribution is 2.25. The Kier molecular flexibility index (Phi) is 29.8. The van der Waals surface area contributed by atoms with E-state index < -0.39 is 8.56 Å². The van der Waals surface area contributed by atoms with Gasteiger partial charge in [-0.15, -0.1) is 0 Å². The van der Waals surface area contributed by atoms with Gasteiger partial charge in [0.25, 0.3) is 0 Å². The Morgan fingerprint density at radius 1 is 0.306 bits per heavy atom. The lowest BCUT2D eigenvalue weighted by Gasteiger charge is -2.27. The summed E-state index contributed by atoms with van der Waals surface area (Å²) in [5, 5.41) is 0. The highest BCUT2D eigenvalue weighted by Gasteiger charge is 2.33. The van der Waals surface area contributed by atoms with E-state index in [4.69, 9.17) is 8.85 Å². The van der Waals surface area contributed by atoms with Crippen molar-refractivity contribution < 1.29 is 8.85 Å². The van der Waals surface area contributed by atoms with E-state index in [-0.39, 0.29) is 0 Å². The van der Waals surface area contributed by atoms with E-state index in [9.17, 15) is 0 Å². The maximum Gasteiger partial charge on any atom is 0.337 e. The summed E-state index contributed by atoms with van der Waals surface area (Å²) in [6.07, 6.45) is 38.3. The van der Waals surface area contributed by atoms with Crippen LogP contribution in [0.15, 0.2) is 0 Å². The minimum absolute atomic E-state index is 1.19. The Morgan fingerprint density at radius 2 is 0.500 bits per heavy atom. The van der Waals surface area contributed by atoms with E-state index >= 15 is 0 Å². The van der Waals surface area contributed by atoms with Crippen molar-refractivity contribution >= 4 is 8.56 Å². The number of unbranched alkanes of at least 4 members (excludes halogenated alkanes) is 25. The fraction of sp³-hybridized carbons (Fsp3) is 1.00. The first-order chi connectivity index (χ1) is 17.7. The minimum atomic E-state index is -1.94. The first-order valence-electron chi connectivity index (χ1n) is 16.8. The highest BCUT2D eigenvalue weighted by atomic mass is 28.4. The monoisotopic (exact) mass is 527 g/mol. The van der Waals surface area contributed by atoms with Crippen molar-refractivity contribution in [3.63, 3.8) is 0 Å². The third kappa shape index (κ3) is 24.5. The molecular weight excluding hydrogens is 456 g/mol. The Hall–Kier alpha value is 0.137. The van der Waals surface area contributed by atoms with Gasteiger partial charge in [-0.2, -0.15) is 0 Å². The van der Waals surface area contributed by atoms with Crippen LogP contribution < -0.4 is 0 Å². The van der Waals surface area contributed by atoms with E-state index in [2.05, 4.69) is 13.8 Å². The smallest absolute Gasteiger partial charge is 0.337 e. The molecule has 0 aromatic rings. The molecule has 0 aromatic heterocycles. The molecule has 0 bridgehead atoms. The van der Waals surface area contributed by atoms with Crippen LogP contribution in [0.3, 0.4) is 0 Å². The summed E-state index contributed by atoms with van der Waals surface area (Å²) in [6, 6.07) is 2.38. The molecule has 2 nitrogen and oxygen atoms in total. The molecule has 0 radical (unpaired) electrons. The number of hydrogen-bond acceptors (Lipinski definition) is 2. The van der Waals surface area contributed by atoms with Crippen molar-refractivity contribution in [1.29, 1.82) is 0 Å². The Bertz CT molecular complexity index is 397. The van der Waals surface area contributed by atoms with Crippen molar-refractivity contribution in [2.75, 3.05) is 14.2 Å². The first kappa shape index (κ1) is 36.1. The van der Waals surface area contributed by atoms with Crippen LogP contribution in [-0.2, 0) is 8.85 Å². The molecule has 0 atom stereocenters. The topological polar surface area (TPSA) is 18.5 Å². The molecule has 0 saturated heterocycles. The third-order valence-corrected chi connectivity index (χ3v) is 12.0. The van der Waals surface area contributed by atoms with Gasteiger partial charge in [0.1, 0.15) is 0 Å². The van der Waals surface area contributed by atoms with Gasteiger partial charge < -0.3 is 8.85 Å². The zero-order chi connectivity index (χ0) is 26.4. The van der Waals surface area contributed by atoms with E-state index in [0.29, 0.717) is 0 Å². The zero-order valence-electron chi connectivity index (χ0n) is 25.8. The fourth-order valence-corrected chi connectivity index (χ4v) is 8.43. The molecule has 0 aromatic carbocycles. The van der Waals surface area contributed by atoms with Gasteiger partial charge in [0.2, 0.25) is 0 Å². The van der Waals surface area contributed by atoms with Crippen molar-refractivity contribution in [2.45, 2.75) is 199 Å². The maximum absolute atomic E-state index is 6.02. The zero-order valence-corrected chi connectivity index (χ0v) is 26.8. The molecule has 218 valence electrons. The molecule has 0 amide bonds. The molecule has 36 heavy (non-hydrogen) atoms. The van der Waals surface area contributed by atoms with Crippen molar-refractivity contribution in [1.82, 2.24) is 0 Å². The summed E-state index contributed by atoms with van der Waals surface area (Å²) < 4.78 is 12.0. The molecule has 0 spiro atoms. The van der Waals surface area contributed by atoms with Gasteiger partial charge in [-0.3, -0.25) is 0 Å². The summed E-state index contributed by atoms with van der Waals surface area (Å²) in [5.41, 5.74) is 0. The van der Waals surface area contributed by atoms with Crippen molar-refractivity contribution in [2.24, 2.45) is 0 Å². The van der Waals surface area contributed by atoms with Gasteiger partial charge >= 0.3 is 8.56 Å². The number of rotatable bonds is 31. The predicted molar refractivity (Wildman–Crippen MR) is 165 cm³/mol. The van der Waals surface area contributed by atoms with E-state index in [1.807, 2.05) is 14.2 Å². The lowest BCUT2D eigenvalue weighted by molar-refractivity contribution is 0.238. The van der Waals surface area contributed by atoms with E-state index in [0.717, 1.165) is 0 Å². The molecule has 3 heteroatoms. The summed E-state index contributed by atoms with van der Waals surface area (Å²) in [7, 11) is 1.86. The molecule has 0 N–H and O–H groups in total. The lowest BCUT2D eigenvalue weighted by atomic mass is 10.0. The Morgan fingerprint density at radius 3 is 0.694 bits per heavy atom. The molecule has 0 aliphatic rings. The predicted octanol–water partition coefficient (Wildman–Crippen LogP) is 12.3. The van der Waals surface area contributed by atoms with Gasteiger partial charge in [0.15, 0.2) is 0 Å². The average Bonchev–Trinajstić information content (AvgIpc) is 2.90. The summed E-state index contributed by atoms with van der Waals surface area (Å²) >= 11 is 0. The minimum Gasteiger partial charge on any atom is -0.398 e. The van der Waals surface area contributed by atoms with Crippen molar-refractivity contribution in [3.8, 4) is 0 Å². The first-order valence-corrected chi connectivity index (χ1v) is 19.1. The summed E-state index contributed by atoms with van der Waals surface area (Å²) in [5.74, 6) is 0. The Labute approximate surface area is 230 Å². The largest absolute Gasteiger partial charge is 0.398 e. The van der Waals surface area contributed by atoms with Crippen LogP contribution in [0.1, 0.15) is 187 Å². The van der Waals surface area contributed by atoms with Crippen LogP contribution in [0.2, 0.25) is 12.1 Å². The van der Waals surface area contributed by atoms with E-state index in [1.54, 1.807) is 0 Å². The SMILES string of the molecule is CCCCCCCCCCCCCCCCCCC[Si](CCCCCCCCCCCC)(OC)OC. The highest BCUT2D eigenvalue weighted by molar-refractivity contribution is 6.67. The molecule has 0 heterocycles. The second-order valence-corrected chi connectivity index (χ2v) is 15.3. The molecule has 0 unspecified atom stereocenters. The van der Waals surface area contributed by atoms with Crippen LogP contribution in [0, 0.1) is 0 Å². The van der Waals surface area contributed by atoms with Crippen LogP contribution >= 0.6 is 0 Å². The van der Waals surface area contributed by atoms with Gasteiger partial charge in [-0.05, 0) is 12.1 Å². The second kappa shape index (κ2) is 29.7. The molecule has 0 aliphatic carbocycles. The maximum atomic E-state index is 6.02. The lowest BCUT2D eigenvalue weighted by Crippen LogP contribution is -2.39. The van der Waals surface area contributed by atoms with Gasteiger partial charge in [-0.25, -0.2) is 0 Å². The van der Waals surface area contributed by atoms with Crippen LogP contribution in [0.25, 0.3) is 0 Å². The van der Waals surface area contributed by atoms with Crippen LogP contribution in [0.5, 0.6) is 0 Å². The normalized spacial score (nSPS) is 12.0. The summed E-state index contributed by atoms with van der Waals surface area (Å²) in [6.45, 7) is 4.60. The van der Waals surface area contributed by atoms with E-state index in [1.165, 1.54) is 185 Å². The molecule has 0 saturated carbocycles. The molecule has 0 fully saturated rings. The molecule has 0 rings (SSSR count). The van der Waals surface area contributed by atoms with Crippen LogP contribution in [-0.4, -0.2) is 22.8 Å². The summed E-state index contributed by atoms with van der Waals surface area (Å²) in [4.78, 5) is 0. The quantitative estimate of drug-likeness (QED) is 0.0660.